The first kappa shape index (κ1) is 11.8. The SMILES string of the molecule is CC(C)c1cccc(C(=O)S(=O)(=O)F)c1. The highest BCUT2D eigenvalue weighted by molar-refractivity contribution is 8.02. The second-order valence-corrected chi connectivity index (χ2v) is 4.75. The lowest BCUT2D eigenvalue weighted by Crippen LogP contribution is -2.09. The summed E-state index contributed by atoms with van der Waals surface area (Å²) in [5, 5.41) is -1.48. The molecule has 5 heteroatoms. The van der Waals surface area contributed by atoms with Gasteiger partial charge in [-0.25, -0.2) is 0 Å². The number of carbonyl (C=O) groups is 1. The first-order valence-electron chi connectivity index (χ1n) is 4.41. The molecule has 0 aliphatic carbocycles. The summed E-state index contributed by atoms with van der Waals surface area (Å²) in [6.07, 6.45) is 0. The number of carbonyl (C=O) groups excluding carboxylic acids is 1. The van der Waals surface area contributed by atoms with Crippen LogP contribution in [0.25, 0.3) is 0 Å². The zero-order valence-corrected chi connectivity index (χ0v) is 9.21. The molecule has 1 rings (SSSR count). The van der Waals surface area contributed by atoms with Gasteiger partial charge in [-0.15, -0.1) is 0 Å². The van der Waals surface area contributed by atoms with Gasteiger partial charge in [-0.05, 0) is 17.5 Å². The first-order chi connectivity index (χ1) is 6.82. The highest BCUT2D eigenvalue weighted by Gasteiger charge is 2.22. The molecule has 0 heterocycles. The van der Waals surface area contributed by atoms with E-state index in [-0.39, 0.29) is 11.5 Å². The van der Waals surface area contributed by atoms with E-state index in [9.17, 15) is 17.1 Å². The molecule has 0 N–H and O–H groups in total. The third kappa shape index (κ3) is 2.86. The standard InChI is InChI=1S/C10H11FO3S/c1-7(2)8-4-3-5-9(6-8)10(12)15(11,13)14/h3-7H,1-2H3. The Labute approximate surface area is 88.1 Å². The van der Waals surface area contributed by atoms with Crippen molar-refractivity contribution in [3.63, 3.8) is 0 Å². The Balaban J connectivity index is 3.18. The van der Waals surface area contributed by atoms with Crippen LogP contribution in [-0.4, -0.2) is 13.5 Å². The zero-order chi connectivity index (χ0) is 11.6. The average Bonchev–Trinajstić information content (AvgIpc) is 2.15. The van der Waals surface area contributed by atoms with Gasteiger partial charge in [0.1, 0.15) is 0 Å². The molecular weight excluding hydrogens is 219 g/mol. The fraction of sp³-hybridized carbons (Fsp3) is 0.300. The molecule has 0 fully saturated rings. The first-order valence-corrected chi connectivity index (χ1v) is 5.79. The minimum absolute atomic E-state index is 0.135. The third-order valence-corrected chi connectivity index (χ3v) is 2.69. The van der Waals surface area contributed by atoms with Gasteiger partial charge in [0.2, 0.25) is 0 Å². The molecule has 0 bridgehead atoms. The van der Waals surface area contributed by atoms with E-state index in [0.717, 1.165) is 5.56 Å². The molecule has 15 heavy (non-hydrogen) atoms. The molecule has 0 aliphatic rings. The molecule has 82 valence electrons. The van der Waals surface area contributed by atoms with Crippen LogP contribution in [0.4, 0.5) is 3.89 Å². The van der Waals surface area contributed by atoms with E-state index in [1.165, 1.54) is 18.2 Å². The summed E-state index contributed by atoms with van der Waals surface area (Å²) in [5.41, 5.74) is 0.660. The van der Waals surface area contributed by atoms with Crippen LogP contribution >= 0.6 is 0 Å². The van der Waals surface area contributed by atoms with Gasteiger partial charge < -0.3 is 0 Å². The molecule has 0 unspecified atom stereocenters. The Hall–Kier alpha value is -1.23. The van der Waals surface area contributed by atoms with E-state index >= 15 is 0 Å². The van der Waals surface area contributed by atoms with Crippen molar-refractivity contribution in [2.75, 3.05) is 0 Å². The van der Waals surface area contributed by atoms with Crippen LogP contribution in [0, 0.1) is 0 Å². The van der Waals surface area contributed by atoms with Gasteiger partial charge in [-0.1, -0.05) is 35.9 Å². The van der Waals surface area contributed by atoms with Gasteiger partial charge in [-0.3, -0.25) is 4.79 Å². The number of hydrogen-bond donors (Lipinski definition) is 0. The van der Waals surface area contributed by atoms with E-state index in [4.69, 9.17) is 0 Å². The maximum atomic E-state index is 12.4. The maximum absolute atomic E-state index is 12.4. The summed E-state index contributed by atoms with van der Waals surface area (Å²) in [7, 11) is -5.14. The third-order valence-electron chi connectivity index (χ3n) is 2.01. The normalized spacial score (nSPS) is 11.7. The van der Waals surface area contributed by atoms with Crippen molar-refractivity contribution in [2.45, 2.75) is 19.8 Å². The van der Waals surface area contributed by atoms with Crippen LogP contribution < -0.4 is 0 Å². The number of rotatable bonds is 2. The lowest BCUT2D eigenvalue weighted by atomic mass is 10.0. The second kappa shape index (κ2) is 4.10. The van der Waals surface area contributed by atoms with Gasteiger partial charge in [-0.2, -0.15) is 8.42 Å². The zero-order valence-electron chi connectivity index (χ0n) is 8.40. The average molecular weight is 230 g/mol. The van der Waals surface area contributed by atoms with E-state index < -0.39 is 15.3 Å². The second-order valence-electron chi connectivity index (χ2n) is 3.51. The Morgan fingerprint density at radius 3 is 2.40 bits per heavy atom. The van der Waals surface area contributed by atoms with Crippen LogP contribution in [0.1, 0.15) is 35.7 Å². The van der Waals surface area contributed by atoms with Crippen molar-refractivity contribution in [3.8, 4) is 0 Å². The molecule has 0 aromatic heterocycles. The Bertz CT molecular complexity index is 477. The molecule has 0 spiro atoms. The predicted molar refractivity (Wildman–Crippen MR) is 54.9 cm³/mol. The summed E-state index contributed by atoms with van der Waals surface area (Å²) in [6.45, 7) is 3.79. The monoisotopic (exact) mass is 230 g/mol. The van der Waals surface area contributed by atoms with E-state index in [0.29, 0.717) is 0 Å². The molecule has 0 saturated heterocycles. The Morgan fingerprint density at radius 1 is 1.33 bits per heavy atom. The highest BCUT2D eigenvalue weighted by atomic mass is 32.3. The van der Waals surface area contributed by atoms with Gasteiger partial charge >= 0.3 is 15.3 Å². The fourth-order valence-corrected chi connectivity index (χ4v) is 1.57. The predicted octanol–water partition coefficient (Wildman–Crippen LogP) is 2.25. The summed E-state index contributed by atoms with van der Waals surface area (Å²) >= 11 is 0. The molecule has 0 radical (unpaired) electrons. The summed E-state index contributed by atoms with van der Waals surface area (Å²) in [4.78, 5) is 11.1. The number of hydrogen-bond acceptors (Lipinski definition) is 3. The molecule has 3 nitrogen and oxygen atoms in total. The lowest BCUT2D eigenvalue weighted by molar-refractivity contribution is 0.107. The minimum atomic E-state index is -5.14. The van der Waals surface area contributed by atoms with E-state index in [1.54, 1.807) is 6.07 Å². The minimum Gasteiger partial charge on any atom is -0.273 e. The van der Waals surface area contributed by atoms with Crippen molar-refractivity contribution in [3.05, 3.63) is 35.4 Å². The van der Waals surface area contributed by atoms with Crippen molar-refractivity contribution in [1.29, 1.82) is 0 Å². The van der Waals surface area contributed by atoms with Gasteiger partial charge in [0, 0.05) is 5.56 Å². The molecule has 0 amide bonds. The highest BCUT2D eigenvalue weighted by Crippen LogP contribution is 2.17. The van der Waals surface area contributed by atoms with Crippen molar-refractivity contribution >= 4 is 15.3 Å². The molecule has 1 aromatic carbocycles. The lowest BCUT2D eigenvalue weighted by Gasteiger charge is -2.05. The topological polar surface area (TPSA) is 51.2 Å². The van der Waals surface area contributed by atoms with E-state index in [1.807, 2.05) is 13.8 Å². The van der Waals surface area contributed by atoms with Gasteiger partial charge in [0.15, 0.2) is 0 Å². The summed E-state index contributed by atoms with van der Waals surface area (Å²) in [6, 6.07) is 5.97. The maximum Gasteiger partial charge on any atom is 0.371 e. The summed E-state index contributed by atoms with van der Waals surface area (Å²) < 4.78 is 33.2. The van der Waals surface area contributed by atoms with Crippen LogP contribution in [0.5, 0.6) is 0 Å². The van der Waals surface area contributed by atoms with Gasteiger partial charge in [0.05, 0.1) is 0 Å². The Morgan fingerprint density at radius 2 is 1.93 bits per heavy atom. The fourth-order valence-electron chi connectivity index (χ4n) is 1.17. The Kier molecular flexibility index (Phi) is 3.24. The molecular formula is C10H11FO3S. The van der Waals surface area contributed by atoms with Crippen LogP contribution in [0.2, 0.25) is 0 Å². The van der Waals surface area contributed by atoms with Gasteiger partial charge in [0.25, 0.3) is 0 Å². The largest absolute Gasteiger partial charge is 0.371 e. The van der Waals surface area contributed by atoms with Crippen molar-refractivity contribution < 1.29 is 17.1 Å². The smallest absolute Gasteiger partial charge is 0.273 e. The number of benzene rings is 1. The summed E-state index contributed by atoms with van der Waals surface area (Å²) in [5.74, 6) is 0.153. The molecule has 0 atom stereocenters. The van der Waals surface area contributed by atoms with Crippen LogP contribution in [0.3, 0.4) is 0 Å². The van der Waals surface area contributed by atoms with E-state index in [2.05, 4.69) is 0 Å². The molecule has 0 aliphatic heterocycles. The molecule has 0 saturated carbocycles. The van der Waals surface area contributed by atoms with Crippen molar-refractivity contribution in [2.24, 2.45) is 0 Å². The van der Waals surface area contributed by atoms with Crippen molar-refractivity contribution in [1.82, 2.24) is 0 Å². The number of halogens is 1. The quantitative estimate of drug-likeness (QED) is 0.732. The molecule has 1 aromatic rings. The van der Waals surface area contributed by atoms with Crippen LogP contribution in [0.15, 0.2) is 24.3 Å². The van der Waals surface area contributed by atoms with Crippen LogP contribution in [-0.2, 0) is 10.2 Å².